The number of carbonyl (C=O) groups excluding carboxylic acids is 2. The molecule has 45 heavy (non-hydrogen) atoms. The molecule has 4 aliphatic carbocycles. The average molecular weight is 628 g/mol. The highest BCUT2D eigenvalue weighted by atomic mass is 16.7. The van der Waals surface area contributed by atoms with Crippen LogP contribution in [0.2, 0.25) is 0 Å². The van der Waals surface area contributed by atoms with E-state index in [2.05, 4.69) is 31.4 Å². The van der Waals surface area contributed by atoms with Crippen LogP contribution in [-0.2, 0) is 28.5 Å². The second-order valence-corrected chi connectivity index (χ2v) is 16.7. The van der Waals surface area contributed by atoms with E-state index in [-0.39, 0.29) is 41.0 Å². The minimum Gasteiger partial charge on any atom is -0.461 e. The molecule has 5 unspecified atom stereocenters. The van der Waals surface area contributed by atoms with Gasteiger partial charge in [0.1, 0.15) is 12.1 Å². The molecule has 3 saturated heterocycles. The number of piperidine rings is 1. The normalized spacial score (nSPS) is 45.3. The van der Waals surface area contributed by atoms with E-state index in [1.807, 2.05) is 0 Å². The van der Waals surface area contributed by atoms with Crippen LogP contribution in [0, 0.1) is 34.5 Å². The van der Waals surface area contributed by atoms with E-state index < -0.39 is 5.79 Å². The Morgan fingerprint density at radius 1 is 0.911 bits per heavy atom. The molecule has 3 aliphatic heterocycles. The number of carbonyl (C=O) groups is 2. The van der Waals surface area contributed by atoms with Gasteiger partial charge in [-0.25, -0.2) is 0 Å². The van der Waals surface area contributed by atoms with Gasteiger partial charge in [-0.15, -0.1) is 0 Å². The van der Waals surface area contributed by atoms with Crippen LogP contribution in [0.15, 0.2) is 12.7 Å². The Labute approximate surface area is 271 Å². The minimum absolute atomic E-state index is 0.0160. The summed E-state index contributed by atoms with van der Waals surface area (Å²) >= 11 is 0. The molecule has 7 aliphatic rings. The maximum Gasteiger partial charge on any atom is 0.303 e. The van der Waals surface area contributed by atoms with Crippen molar-refractivity contribution in [3.8, 4) is 0 Å². The third-order valence-electron chi connectivity index (χ3n) is 14.7. The first-order chi connectivity index (χ1) is 21.5. The molecule has 4 saturated carbocycles. The Morgan fingerprint density at radius 2 is 1.60 bits per heavy atom. The largest absolute Gasteiger partial charge is 0.461 e. The van der Waals surface area contributed by atoms with Crippen LogP contribution < -0.4 is 0 Å². The summed E-state index contributed by atoms with van der Waals surface area (Å²) in [6.45, 7) is 19.0. The van der Waals surface area contributed by atoms with Crippen molar-refractivity contribution in [2.45, 2.75) is 128 Å². The molecule has 8 heteroatoms. The Bertz CT molecular complexity index is 1140. The summed E-state index contributed by atoms with van der Waals surface area (Å²) in [4.78, 5) is 27.6. The Morgan fingerprint density at radius 3 is 2.24 bits per heavy atom. The molecular formula is C37H59N2O6+. The molecule has 3 heterocycles. The van der Waals surface area contributed by atoms with Crippen LogP contribution >= 0.6 is 0 Å². The van der Waals surface area contributed by atoms with Crippen LogP contribution in [0.25, 0.3) is 0 Å². The fourth-order valence-electron chi connectivity index (χ4n) is 12.7. The summed E-state index contributed by atoms with van der Waals surface area (Å²) in [7, 11) is 0. The topological polar surface area (TPSA) is 74.3 Å². The molecule has 0 amide bonds. The highest BCUT2D eigenvalue weighted by Gasteiger charge is 2.68. The van der Waals surface area contributed by atoms with Gasteiger partial charge in [0.05, 0.1) is 32.8 Å². The molecule has 1 spiro atoms. The molecule has 0 radical (unpaired) electrons. The second-order valence-electron chi connectivity index (χ2n) is 16.7. The number of likely N-dealkylation sites (tertiary alicyclic amines) is 2. The lowest BCUT2D eigenvalue weighted by Crippen LogP contribution is -2.62. The molecule has 7 rings (SSSR count). The van der Waals surface area contributed by atoms with Crippen molar-refractivity contribution in [2.24, 2.45) is 34.5 Å². The van der Waals surface area contributed by atoms with E-state index in [9.17, 15) is 9.59 Å². The number of nitrogens with zero attached hydrogens (tertiary/aromatic N) is 2. The van der Waals surface area contributed by atoms with Gasteiger partial charge in [0.2, 0.25) is 0 Å². The van der Waals surface area contributed by atoms with E-state index in [0.29, 0.717) is 42.9 Å². The molecule has 8 nitrogen and oxygen atoms in total. The van der Waals surface area contributed by atoms with E-state index in [4.69, 9.17) is 18.9 Å². The third-order valence-corrected chi connectivity index (χ3v) is 14.7. The minimum atomic E-state index is -0.406. The fraction of sp³-hybridized carbons (Fsp3) is 0.892. The molecule has 7 fully saturated rings. The predicted octanol–water partition coefficient (Wildman–Crippen LogP) is 5.49. The van der Waals surface area contributed by atoms with E-state index in [1.54, 1.807) is 13.8 Å². The Hall–Kier alpha value is -1.48. The highest BCUT2D eigenvalue weighted by molar-refractivity contribution is 5.66. The average Bonchev–Trinajstić information content (AvgIpc) is 3.72. The van der Waals surface area contributed by atoms with E-state index >= 15 is 0 Å². The number of esters is 2. The van der Waals surface area contributed by atoms with Gasteiger partial charge in [-0.05, 0) is 73.7 Å². The van der Waals surface area contributed by atoms with Gasteiger partial charge < -0.3 is 23.4 Å². The van der Waals surface area contributed by atoms with Crippen LogP contribution in [0.1, 0.15) is 98.3 Å². The maximum atomic E-state index is 12.6. The zero-order valence-electron chi connectivity index (χ0n) is 28.5. The number of fused-ring (bicyclic) bond motifs is 5. The van der Waals surface area contributed by atoms with Crippen LogP contribution in [0.5, 0.6) is 0 Å². The molecule has 252 valence electrons. The summed E-state index contributed by atoms with van der Waals surface area (Å²) < 4.78 is 25.7. The van der Waals surface area contributed by atoms with Gasteiger partial charge in [0.15, 0.2) is 11.9 Å². The molecule has 0 aromatic heterocycles. The first kappa shape index (κ1) is 32.1. The summed E-state index contributed by atoms with van der Waals surface area (Å²) in [6.07, 6.45) is 14.3. The summed E-state index contributed by atoms with van der Waals surface area (Å²) in [6, 6.07) is 0.596. The molecule has 0 aromatic rings. The lowest BCUT2D eigenvalue weighted by atomic mass is 9.44. The predicted molar refractivity (Wildman–Crippen MR) is 171 cm³/mol. The lowest BCUT2D eigenvalue weighted by Gasteiger charge is -2.62. The van der Waals surface area contributed by atoms with Crippen molar-refractivity contribution in [3.63, 3.8) is 0 Å². The van der Waals surface area contributed by atoms with Crippen LogP contribution in [0.3, 0.4) is 0 Å². The summed E-state index contributed by atoms with van der Waals surface area (Å²) in [5, 5.41) is 0. The quantitative estimate of drug-likeness (QED) is 0.219. The zero-order valence-corrected chi connectivity index (χ0v) is 28.5. The van der Waals surface area contributed by atoms with Crippen molar-refractivity contribution in [1.29, 1.82) is 0 Å². The van der Waals surface area contributed by atoms with Gasteiger partial charge in [0.25, 0.3) is 0 Å². The molecule has 0 aromatic carbocycles. The Kier molecular flexibility index (Phi) is 8.48. The van der Waals surface area contributed by atoms with E-state index in [1.165, 1.54) is 45.2 Å². The van der Waals surface area contributed by atoms with Crippen molar-refractivity contribution in [2.75, 3.05) is 45.9 Å². The lowest BCUT2D eigenvalue weighted by molar-refractivity contribution is -0.937. The first-order valence-electron chi connectivity index (χ1n) is 18.4. The van der Waals surface area contributed by atoms with E-state index in [0.717, 1.165) is 62.6 Å². The SMILES string of the molecule is C=CC[N+]1(C2C[C@H]3[C@@H]4CCC5CC(OC(C)=O)C(N6CCC7(CC6)OCCO7)C[C@]5(C)[C@@H]4CC[C@]3(C)C2OC(C)=O)CCCC1. The number of hydrogen-bond acceptors (Lipinski definition) is 7. The molecular weight excluding hydrogens is 568 g/mol. The zero-order chi connectivity index (χ0) is 31.6. The van der Waals surface area contributed by atoms with Gasteiger partial charge in [-0.2, -0.15) is 0 Å². The first-order valence-corrected chi connectivity index (χ1v) is 18.4. The smallest absolute Gasteiger partial charge is 0.303 e. The van der Waals surface area contributed by atoms with Gasteiger partial charge in [-0.1, -0.05) is 20.4 Å². The van der Waals surface area contributed by atoms with Crippen molar-refractivity contribution < 1.29 is 33.0 Å². The van der Waals surface area contributed by atoms with Gasteiger partial charge in [-0.3, -0.25) is 14.5 Å². The standard InChI is InChI=1S/C37H59N2O6/c1-6-17-39(18-7-8-19-39)32-23-30-28-10-9-27-22-33(44-25(2)40)31(38-15-13-37(14-16-38)42-20-21-43-37)24-36(27,5)29(28)11-12-35(30,4)34(32)45-26(3)41/h6,27-34H,1,7-24H2,2-5H3/q+1/t27?,28-,29-,30+,31?,32?,33?,34?,35+,36+/m1/s1. The maximum absolute atomic E-state index is 12.6. The second kappa shape index (κ2) is 11.9. The molecule has 10 atom stereocenters. The molecule has 0 N–H and O–H groups in total. The Balaban J connectivity index is 1.16. The van der Waals surface area contributed by atoms with Crippen molar-refractivity contribution in [3.05, 3.63) is 12.7 Å². The monoisotopic (exact) mass is 627 g/mol. The number of rotatable bonds is 6. The highest BCUT2D eigenvalue weighted by Crippen LogP contribution is 2.68. The summed E-state index contributed by atoms with van der Waals surface area (Å²) in [5.74, 6) is 1.76. The summed E-state index contributed by atoms with van der Waals surface area (Å²) in [5.41, 5.74) is 0.226. The van der Waals surface area contributed by atoms with Crippen molar-refractivity contribution >= 4 is 11.9 Å². The third kappa shape index (κ3) is 5.32. The molecule has 0 bridgehead atoms. The fourth-order valence-corrected chi connectivity index (χ4v) is 12.7. The number of quaternary nitrogens is 1. The van der Waals surface area contributed by atoms with Gasteiger partial charge >= 0.3 is 11.9 Å². The van der Waals surface area contributed by atoms with Gasteiger partial charge in [0, 0.05) is 70.5 Å². The number of ether oxygens (including phenoxy) is 4. The number of hydrogen-bond donors (Lipinski definition) is 0. The van der Waals surface area contributed by atoms with Crippen LogP contribution in [-0.4, -0.2) is 97.3 Å². The van der Waals surface area contributed by atoms with Crippen molar-refractivity contribution in [1.82, 2.24) is 4.90 Å². The van der Waals surface area contributed by atoms with Crippen LogP contribution in [0.4, 0.5) is 0 Å².